The van der Waals surface area contributed by atoms with Gasteiger partial charge in [-0.25, -0.2) is 0 Å². The second-order valence-corrected chi connectivity index (χ2v) is 0. The molecular weight excluding hydrogens is 199 g/mol. The fourth-order valence-corrected chi connectivity index (χ4v) is 0. The number of hydrogen-bond donors (Lipinski definition) is 0. The second kappa shape index (κ2) is 2610. The molecule has 38 valence electrons. The van der Waals surface area contributed by atoms with Gasteiger partial charge in [-0.15, -0.1) is 0 Å². The summed E-state index contributed by atoms with van der Waals surface area (Å²) in [5.41, 5.74) is 11.5. The summed E-state index contributed by atoms with van der Waals surface area (Å²) in [6.45, 7) is 0. The largest absolute Gasteiger partial charge is 0.577 e. The van der Waals surface area contributed by atoms with Crippen molar-refractivity contribution in [3.63, 3.8) is 0 Å². The van der Waals surface area contributed by atoms with E-state index in [9.17, 15) is 0 Å². The first-order valence-corrected chi connectivity index (χ1v) is 3.06. The van der Waals surface area contributed by atoms with Gasteiger partial charge >= 0.3 is 28.1 Å². The van der Waals surface area contributed by atoms with E-state index < -0.39 is 0 Å². The van der Waals surface area contributed by atoms with Gasteiger partial charge in [0.1, 0.15) is 0 Å². The molecule has 0 amide bonds. The van der Waals surface area contributed by atoms with E-state index in [0.29, 0.717) is 0 Å². The molecule has 6 heteroatoms. The van der Waals surface area contributed by atoms with E-state index in [0.717, 1.165) is 0 Å². The summed E-state index contributed by atoms with van der Waals surface area (Å²) in [4.78, 5) is 14.5. The van der Waals surface area contributed by atoms with Crippen molar-refractivity contribution in [1.82, 2.24) is 0 Å². The third kappa shape index (κ3) is 1220. The molecule has 0 aliphatic rings. The molecule has 0 aromatic heterocycles. The predicted molar refractivity (Wildman–Crippen MR) is 22.4 cm³/mol. The van der Waals surface area contributed by atoms with Crippen LogP contribution in [0.1, 0.15) is 0 Å². The van der Waals surface area contributed by atoms with Crippen molar-refractivity contribution >= 4 is 14.2 Å². The zero-order valence-corrected chi connectivity index (χ0v) is 5.05. The fraction of sp³-hybridized carbons (Fsp3) is 0. The zero-order valence-electron chi connectivity index (χ0n) is 2.42. The van der Waals surface area contributed by atoms with Crippen molar-refractivity contribution in [2.24, 2.45) is 0 Å². The predicted octanol–water partition coefficient (Wildman–Crippen LogP) is 1.49. The van der Waals surface area contributed by atoms with Crippen LogP contribution in [0.2, 0.25) is 0 Å². The van der Waals surface area contributed by atoms with E-state index in [4.69, 9.17) is 21.0 Å². The van der Waals surface area contributed by atoms with Crippen molar-refractivity contribution in [3.8, 4) is 0 Å². The minimum Gasteiger partial charge on any atom is -0.577 e. The van der Waals surface area contributed by atoms with Crippen molar-refractivity contribution in [2.75, 3.05) is 0 Å². The van der Waals surface area contributed by atoms with Gasteiger partial charge in [0.2, 0.25) is 0 Å². The molecule has 0 saturated carbocycles. The fourth-order valence-electron chi connectivity index (χ4n) is 0. The summed E-state index contributed by atoms with van der Waals surface area (Å²) in [6, 6.07) is 0. The van der Waals surface area contributed by atoms with Gasteiger partial charge in [0.25, 0.3) is 0 Å². The molecule has 0 aliphatic carbocycles. The topological polar surface area (TPSA) is 78.7 Å². The molecule has 0 atom stereocenters. The molecule has 6 heavy (non-hydrogen) atoms. The average molecular weight is 199 g/mol. The smallest absolute Gasteiger partial charge is 0.423 e. The Labute approximate surface area is 49.5 Å². The van der Waals surface area contributed by atoms with E-state index in [1.165, 1.54) is 0 Å². The van der Waals surface area contributed by atoms with Gasteiger partial charge in [-0.05, 0) is 0 Å². The zero-order chi connectivity index (χ0) is 6.00. The molecule has 0 unspecified atom stereocenters. The van der Waals surface area contributed by atoms with Crippen LogP contribution in [0.4, 0.5) is 0 Å². The molecule has 4 nitrogen and oxygen atoms in total. The Morgan fingerprint density at radius 1 is 1.00 bits per heavy atom. The van der Waals surface area contributed by atoms with Crippen LogP contribution in [0.5, 0.6) is 0 Å². The molecule has 0 aromatic carbocycles. The summed E-state index contributed by atoms with van der Waals surface area (Å²) in [7, 11) is 0. The summed E-state index contributed by atoms with van der Waals surface area (Å²) in [5.74, 6) is 0. The van der Waals surface area contributed by atoms with Gasteiger partial charge in [0, 0.05) is 0 Å². The number of hydrogen-bond acceptors (Lipinski definition) is 2. The Balaban J connectivity index is -0.0000000225. The molecule has 0 spiro atoms. The van der Waals surface area contributed by atoms with E-state index in [-0.39, 0.29) is 0 Å². The van der Waals surface area contributed by atoms with Gasteiger partial charge in [0.15, 0.2) is 0 Å². The maximum atomic E-state index is 7.25. The van der Waals surface area contributed by atoms with Gasteiger partial charge in [0.05, 0.1) is 0 Å². The first-order valence-electron chi connectivity index (χ1n) is 0.491. The maximum Gasteiger partial charge on any atom is -0.423 e. The van der Waals surface area contributed by atoms with E-state index in [1.807, 2.05) is 0 Å². The van der Waals surface area contributed by atoms with Crippen LogP contribution < -0.4 is 0 Å². The number of nitroso groups, excluding NO2 is 2. The normalized spacial score (nSPS) is 2.33. The Morgan fingerprint density at radius 3 is 1.00 bits per heavy atom. The van der Waals surface area contributed by atoms with Crippen LogP contribution in [0, 0.1) is 9.81 Å². The monoisotopic (exact) mass is 198 g/mol. The minimum atomic E-state index is 2.62. The Bertz CT molecular complexity index is 13.5. The summed E-state index contributed by atoms with van der Waals surface area (Å²) >= 11 is 6.00. The van der Waals surface area contributed by atoms with Gasteiger partial charge in [-0.2, -0.15) is 0 Å². The van der Waals surface area contributed by atoms with Crippen LogP contribution >= 0.6 is 14.2 Å². The van der Waals surface area contributed by atoms with Gasteiger partial charge < -0.3 is 21.0 Å². The first-order chi connectivity index (χ1) is 3.00. The third-order valence-electron chi connectivity index (χ3n) is 0. The Hall–Kier alpha value is 0.186. The van der Waals surface area contributed by atoms with Crippen LogP contribution in [-0.4, -0.2) is 0 Å². The molecule has 0 aliphatic heterocycles. The van der Waals surface area contributed by atoms with Crippen LogP contribution in [-0.2, 0) is 13.9 Å². The first kappa shape index (κ1) is 16.4. The van der Waals surface area contributed by atoms with Crippen molar-refractivity contribution < 1.29 is 13.9 Å². The Morgan fingerprint density at radius 2 is 1.00 bits per heavy atom. The summed E-state index contributed by atoms with van der Waals surface area (Å²) in [6.07, 6.45) is 0. The molecular formula is BrCoN2O2. The molecule has 0 rings (SSSR count). The van der Waals surface area contributed by atoms with Crippen molar-refractivity contribution in [3.05, 3.63) is 21.0 Å². The van der Waals surface area contributed by atoms with E-state index in [2.05, 4.69) is 28.1 Å². The van der Waals surface area contributed by atoms with Gasteiger partial charge in [-0.3, -0.25) is 0 Å². The maximum absolute atomic E-state index is 7.25. The number of nitrogens with zero attached hydrogens (tertiary/aromatic N) is 2. The molecule has 0 aromatic rings. The summed E-state index contributed by atoms with van der Waals surface area (Å²) < 4.78 is 0. The third-order valence-corrected chi connectivity index (χ3v) is 0. The minimum absolute atomic E-state index is 2.62. The van der Waals surface area contributed by atoms with Crippen LogP contribution in [0.3, 0.4) is 0 Å². The molecule has 0 bridgehead atoms. The summed E-state index contributed by atoms with van der Waals surface area (Å²) in [5, 5.41) is 0. The van der Waals surface area contributed by atoms with Crippen molar-refractivity contribution in [2.45, 2.75) is 0 Å². The van der Waals surface area contributed by atoms with Crippen LogP contribution in [0.15, 0.2) is 0 Å². The SMILES string of the molecule is [Co+2][Br].[N-]=O.[N-]=O. The Kier molecular flexibility index (Phi) is 7140. The van der Waals surface area contributed by atoms with E-state index in [1.54, 1.807) is 0 Å². The standard InChI is InChI=1S/BrH.Co.2NO/c;;2*1-2/h1H;;;/q;+3;2*-1/p-1. The number of halogens is 1. The van der Waals surface area contributed by atoms with E-state index >= 15 is 0 Å². The molecule has 0 radical (unpaired) electrons. The van der Waals surface area contributed by atoms with Gasteiger partial charge in [-0.1, -0.05) is 0 Å². The quantitative estimate of drug-likeness (QED) is 0.591. The van der Waals surface area contributed by atoms with Crippen molar-refractivity contribution in [1.29, 1.82) is 0 Å². The average Bonchev–Trinajstić information content (AvgIpc) is 1.81. The molecule has 0 heterocycles. The molecule has 0 saturated heterocycles. The van der Waals surface area contributed by atoms with Crippen LogP contribution in [0.25, 0.3) is 11.2 Å². The number of rotatable bonds is 0. The second-order valence-electron chi connectivity index (χ2n) is 0. The molecule has 0 N–H and O–H groups in total. The molecule has 0 fully saturated rings.